The van der Waals surface area contributed by atoms with E-state index in [-0.39, 0.29) is 6.61 Å². The lowest BCUT2D eigenvalue weighted by molar-refractivity contribution is 0.118. The highest BCUT2D eigenvalue weighted by molar-refractivity contribution is 5.88. The van der Waals surface area contributed by atoms with Crippen molar-refractivity contribution >= 4 is 16.5 Å². The van der Waals surface area contributed by atoms with Crippen molar-refractivity contribution in [1.82, 2.24) is 0 Å². The van der Waals surface area contributed by atoms with Gasteiger partial charge in [-0.25, -0.2) is 0 Å². The van der Waals surface area contributed by atoms with Crippen LogP contribution in [0.3, 0.4) is 0 Å². The van der Waals surface area contributed by atoms with Crippen LogP contribution in [0.15, 0.2) is 66.7 Å². The summed E-state index contributed by atoms with van der Waals surface area (Å²) in [5.41, 5.74) is 2.20. The molecule has 0 saturated heterocycles. The summed E-state index contributed by atoms with van der Waals surface area (Å²) in [4.78, 5) is 0. The number of hydrogen-bond donors (Lipinski definition) is 2. The zero-order chi connectivity index (χ0) is 16.1. The first kappa shape index (κ1) is 15.4. The van der Waals surface area contributed by atoms with E-state index in [4.69, 9.17) is 4.74 Å². The Hall–Kier alpha value is -2.52. The van der Waals surface area contributed by atoms with E-state index < -0.39 is 6.10 Å². The molecule has 3 rings (SSSR count). The van der Waals surface area contributed by atoms with Crippen LogP contribution < -0.4 is 10.1 Å². The summed E-state index contributed by atoms with van der Waals surface area (Å²) in [5, 5.41) is 15.6. The van der Waals surface area contributed by atoms with Crippen LogP contribution in [0.25, 0.3) is 10.8 Å². The van der Waals surface area contributed by atoms with Gasteiger partial charge in [-0.3, -0.25) is 0 Å². The fourth-order valence-electron chi connectivity index (χ4n) is 2.56. The van der Waals surface area contributed by atoms with Gasteiger partial charge < -0.3 is 15.2 Å². The van der Waals surface area contributed by atoms with E-state index in [1.807, 2.05) is 55.5 Å². The molecule has 0 aliphatic carbocycles. The fraction of sp³-hybridized carbons (Fsp3) is 0.200. The van der Waals surface area contributed by atoms with Crippen LogP contribution in [0.1, 0.15) is 5.56 Å². The van der Waals surface area contributed by atoms with Crippen molar-refractivity contribution in [3.05, 3.63) is 72.3 Å². The van der Waals surface area contributed by atoms with Crippen molar-refractivity contribution < 1.29 is 9.84 Å². The molecule has 0 aromatic heterocycles. The SMILES string of the molecule is Cc1cccc(NCC(O)COc2cccc3ccccc23)c1. The molecule has 1 unspecified atom stereocenters. The summed E-state index contributed by atoms with van der Waals surface area (Å²) in [6.07, 6.45) is -0.575. The second kappa shape index (κ2) is 7.16. The number of aryl methyl sites for hydroxylation is 1. The summed E-state index contributed by atoms with van der Waals surface area (Å²) in [6.45, 7) is 2.76. The highest BCUT2D eigenvalue weighted by Crippen LogP contribution is 2.25. The second-order valence-electron chi connectivity index (χ2n) is 5.69. The molecular formula is C20H21NO2. The van der Waals surface area contributed by atoms with Crippen molar-refractivity contribution in [1.29, 1.82) is 0 Å². The van der Waals surface area contributed by atoms with E-state index in [1.54, 1.807) is 0 Å². The summed E-state index contributed by atoms with van der Waals surface area (Å²) in [6, 6.07) is 22.1. The number of ether oxygens (including phenoxy) is 1. The molecule has 23 heavy (non-hydrogen) atoms. The van der Waals surface area contributed by atoms with Crippen molar-refractivity contribution in [2.45, 2.75) is 13.0 Å². The molecule has 118 valence electrons. The lowest BCUT2D eigenvalue weighted by atomic mass is 10.1. The van der Waals surface area contributed by atoms with Crippen LogP contribution in [-0.2, 0) is 0 Å². The predicted octanol–water partition coefficient (Wildman–Crippen LogP) is 4.00. The van der Waals surface area contributed by atoms with Crippen molar-refractivity contribution in [2.75, 3.05) is 18.5 Å². The van der Waals surface area contributed by atoms with Gasteiger partial charge in [-0.15, -0.1) is 0 Å². The first-order valence-electron chi connectivity index (χ1n) is 7.81. The standard InChI is InChI=1S/C20H21NO2/c1-15-6-4-9-17(12-15)21-13-18(22)14-23-20-11-5-8-16-7-2-3-10-19(16)20/h2-12,18,21-22H,13-14H2,1H3. The van der Waals surface area contributed by atoms with Crippen LogP contribution in [0, 0.1) is 6.92 Å². The molecule has 3 heteroatoms. The van der Waals surface area contributed by atoms with E-state index in [1.165, 1.54) is 5.56 Å². The molecule has 0 amide bonds. The van der Waals surface area contributed by atoms with E-state index in [2.05, 4.69) is 23.5 Å². The Balaban J connectivity index is 1.57. The summed E-state index contributed by atoms with van der Waals surface area (Å²) in [5.74, 6) is 0.803. The molecule has 2 N–H and O–H groups in total. The van der Waals surface area contributed by atoms with Crippen LogP contribution >= 0.6 is 0 Å². The van der Waals surface area contributed by atoms with Gasteiger partial charge in [0.05, 0.1) is 0 Å². The number of nitrogens with one attached hydrogen (secondary N) is 1. The third kappa shape index (κ3) is 4.02. The molecule has 0 heterocycles. The van der Waals surface area contributed by atoms with Gasteiger partial charge in [-0.05, 0) is 36.1 Å². The molecule has 0 spiro atoms. The van der Waals surface area contributed by atoms with Crippen LogP contribution in [0.4, 0.5) is 5.69 Å². The molecule has 0 fully saturated rings. The molecule has 0 aliphatic rings. The number of rotatable bonds is 6. The summed E-state index contributed by atoms with van der Waals surface area (Å²) >= 11 is 0. The molecule has 0 radical (unpaired) electrons. The highest BCUT2D eigenvalue weighted by atomic mass is 16.5. The van der Waals surface area contributed by atoms with Crippen molar-refractivity contribution in [2.24, 2.45) is 0 Å². The number of hydrogen-bond acceptors (Lipinski definition) is 3. The fourth-order valence-corrected chi connectivity index (χ4v) is 2.56. The number of anilines is 1. The Morgan fingerprint density at radius 1 is 1.00 bits per heavy atom. The highest BCUT2D eigenvalue weighted by Gasteiger charge is 2.07. The number of aliphatic hydroxyl groups is 1. The number of fused-ring (bicyclic) bond motifs is 1. The maximum absolute atomic E-state index is 10.1. The minimum Gasteiger partial charge on any atom is -0.490 e. The van der Waals surface area contributed by atoms with Gasteiger partial charge in [0.2, 0.25) is 0 Å². The average Bonchev–Trinajstić information content (AvgIpc) is 2.58. The van der Waals surface area contributed by atoms with Gasteiger partial charge in [0.15, 0.2) is 0 Å². The largest absolute Gasteiger partial charge is 0.490 e. The molecule has 1 atom stereocenters. The average molecular weight is 307 g/mol. The normalized spacial score (nSPS) is 12.1. The van der Waals surface area contributed by atoms with Crippen molar-refractivity contribution in [3.8, 4) is 5.75 Å². The molecule has 0 aliphatic heterocycles. The van der Waals surface area contributed by atoms with Crippen LogP contribution in [0.2, 0.25) is 0 Å². The lowest BCUT2D eigenvalue weighted by Crippen LogP contribution is -2.26. The molecule has 3 aromatic rings. The number of benzene rings is 3. The van der Waals surface area contributed by atoms with Crippen LogP contribution in [0.5, 0.6) is 5.75 Å². The molecule has 3 nitrogen and oxygen atoms in total. The predicted molar refractivity (Wildman–Crippen MR) is 95.1 cm³/mol. The van der Waals surface area contributed by atoms with Gasteiger partial charge in [0.25, 0.3) is 0 Å². The Kier molecular flexibility index (Phi) is 4.79. The van der Waals surface area contributed by atoms with Gasteiger partial charge >= 0.3 is 0 Å². The monoisotopic (exact) mass is 307 g/mol. The van der Waals surface area contributed by atoms with Crippen LogP contribution in [-0.4, -0.2) is 24.4 Å². The Labute approximate surface area is 136 Å². The first-order chi connectivity index (χ1) is 11.2. The van der Waals surface area contributed by atoms with E-state index in [0.29, 0.717) is 6.54 Å². The quantitative estimate of drug-likeness (QED) is 0.723. The second-order valence-corrected chi connectivity index (χ2v) is 5.69. The van der Waals surface area contributed by atoms with Gasteiger partial charge in [-0.1, -0.05) is 48.5 Å². The lowest BCUT2D eigenvalue weighted by Gasteiger charge is -2.15. The van der Waals surface area contributed by atoms with Gasteiger partial charge in [-0.2, -0.15) is 0 Å². The Bertz CT molecular complexity index is 780. The van der Waals surface area contributed by atoms with Gasteiger partial charge in [0.1, 0.15) is 18.5 Å². The molecular weight excluding hydrogens is 286 g/mol. The summed E-state index contributed by atoms with van der Waals surface area (Å²) in [7, 11) is 0. The summed E-state index contributed by atoms with van der Waals surface area (Å²) < 4.78 is 5.80. The Morgan fingerprint density at radius 3 is 2.65 bits per heavy atom. The maximum atomic E-state index is 10.1. The topological polar surface area (TPSA) is 41.5 Å². The van der Waals surface area contributed by atoms with Gasteiger partial charge in [0, 0.05) is 17.6 Å². The zero-order valence-corrected chi connectivity index (χ0v) is 13.2. The molecule has 3 aromatic carbocycles. The first-order valence-corrected chi connectivity index (χ1v) is 7.81. The van der Waals surface area contributed by atoms with E-state index >= 15 is 0 Å². The minimum absolute atomic E-state index is 0.257. The Morgan fingerprint density at radius 2 is 1.78 bits per heavy atom. The van der Waals surface area contributed by atoms with Crippen molar-refractivity contribution in [3.63, 3.8) is 0 Å². The maximum Gasteiger partial charge on any atom is 0.127 e. The third-order valence-corrected chi connectivity index (χ3v) is 3.74. The van der Waals surface area contributed by atoms with E-state index in [0.717, 1.165) is 22.2 Å². The molecule has 0 saturated carbocycles. The molecule has 0 bridgehead atoms. The smallest absolute Gasteiger partial charge is 0.127 e. The third-order valence-electron chi connectivity index (χ3n) is 3.74. The minimum atomic E-state index is -0.575. The number of aliphatic hydroxyl groups excluding tert-OH is 1. The zero-order valence-electron chi connectivity index (χ0n) is 13.2. The van der Waals surface area contributed by atoms with E-state index in [9.17, 15) is 5.11 Å².